The molecule has 0 bridgehead atoms. The van der Waals surface area contributed by atoms with E-state index in [1.54, 1.807) is 41.4 Å². The van der Waals surface area contributed by atoms with Gasteiger partial charge in [-0.1, -0.05) is 54.6 Å². The van der Waals surface area contributed by atoms with E-state index in [4.69, 9.17) is 4.74 Å². The summed E-state index contributed by atoms with van der Waals surface area (Å²) in [6.45, 7) is -0.141. The molecule has 6 heteroatoms. The molecule has 2 atom stereocenters. The number of likely N-dealkylation sites (N-methyl/N-ethyl adjacent to an activating group) is 1. The highest BCUT2D eigenvalue weighted by molar-refractivity contribution is 5.92. The topological polar surface area (TPSA) is 62.7 Å². The monoisotopic (exact) mass is 401 g/mol. The maximum absolute atomic E-state index is 13.3. The third-order valence-corrected chi connectivity index (χ3v) is 5.24. The number of carbonyl (C=O) groups is 2. The molecule has 2 aromatic carbocycles. The Morgan fingerprint density at radius 3 is 2.37 bits per heavy atom. The Balaban J connectivity index is 1.63. The number of nitrogens with zero attached hydrogens (tertiary/aromatic N) is 3. The number of hydrogen-bond donors (Lipinski definition) is 0. The zero-order chi connectivity index (χ0) is 20.9. The molecular formula is C24H23N3O3. The van der Waals surface area contributed by atoms with Crippen molar-refractivity contribution in [1.29, 1.82) is 0 Å². The molecule has 30 heavy (non-hydrogen) atoms. The van der Waals surface area contributed by atoms with Gasteiger partial charge in [0.2, 0.25) is 5.91 Å². The van der Waals surface area contributed by atoms with Crippen LogP contribution in [0.25, 0.3) is 0 Å². The third-order valence-electron chi connectivity index (χ3n) is 5.24. The van der Waals surface area contributed by atoms with E-state index in [1.165, 1.54) is 0 Å². The molecule has 4 rings (SSSR count). The molecule has 152 valence electrons. The van der Waals surface area contributed by atoms with Crippen LogP contribution in [0.3, 0.4) is 0 Å². The predicted octanol–water partition coefficient (Wildman–Crippen LogP) is 3.07. The summed E-state index contributed by atoms with van der Waals surface area (Å²) in [6, 6.07) is 21.9. The van der Waals surface area contributed by atoms with E-state index in [0.717, 1.165) is 11.1 Å². The van der Waals surface area contributed by atoms with Gasteiger partial charge < -0.3 is 14.5 Å². The second-order valence-electron chi connectivity index (χ2n) is 7.22. The van der Waals surface area contributed by atoms with Crippen molar-refractivity contribution >= 4 is 11.8 Å². The first-order valence-electron chi connectivity index (χ1n) is 9.84. The van der Waals surface area contributed by atoms with Crippen molar-refractivity contribution in [3.63, 3.8) is 0 Å². The van der Waals surface area contributed by atoms with Gasteiger partial charge in [-0.2, -0.15) is 0 Å². The Hall–Kier alpha value is -3.67. The summed E-state index contributed by atoms with van der Waals surface area (Å²) in [7, 11) is 1.74. The Labute approximate surface area is 175 Å². The highest BCUT2D eigenvalue weighted by Gasteiger charge is 2.47. The molecular weight excluding hydrogens is 378 g/mol. The van der Waals surface area contributed by atoms with Gasteiger partial charge in [0, 0.05) is 25.9 Å². The van der Waals surface area contributed by atoms with Gasteiger partial charge in [0.15, 0.2) is 6.61 Å². The molecule has 0 saturated carbocycles. The number of ether oxygens (including phenoxy) is 1. The molecule has 1 fully saturated rings. The van der Waals surface area contributed by atoms with E-state index >= 15 is 0 Å². The molecule has 0 spiro atoms. The molecule has 1 aromatic heterocycles. The second-order valence-corrected chi connectivity index (χ2v) is 7.22. The number of amides is 2. The fourth-order valence-corrected chi connectivity index (χ4v) is 3.82. The van der Waals surface area contributed by atoms with Crippen molar-refractivity contribution in [1.82, 2.24) is 14.8 Å². The minimum Gasteiger partial charge on any atom is -0.484 e. The van der Waals surface area contributed by atoms with Gasteiger partial charge >= 0.3 is 0 Å². The fourth-order valence-electron chi connectivity index (χ4n) is 3.82. The van der Waals surface area contributed by atoms with Crippen LogP contribution < -0.4 is 4.74 Å². The summed E-state index contributed by atoms with van der Waals surface area (Å²) < 4.78 is 5.70. The van der Waals surface area contributed by atoms with E-state index in [1.807, 2.05) is 60.7 Å². The zero-order valence-electron chi connectivity index (χ0n) is 16.7. The quantitative estimate of drug-likeness (QED) is 0.637. The minimum atomic E-state index is -0.615. The lowest BCUT2D eigenvalue weighted by atomic mass is 10.1. The Kier molecular flexibility index (Phi) is 5.75. The number of hydrogen-bond acceptors (Lipinski definition) is 4. The number of para-hydroxylation sites is 1. The van der Waals surface area contributed by atoms with Crippen LogP contribution in [0.1, 0.15) is 17.3 Å². The van der Waals surface area contributed by atoms with E-state index in [-0.39, 0.29) is 18.4 Å². The maximum atomic E-state index is 13.3. The Morgan fingerprint density at radius 2 is 1.70 bits per heavy atom. The van der Waals surface area contributed by atoms with Crippen LogP contribution in [0.2, 0.25) is 0 Å². The first-order chi connectivity index (χ1) is 14.6. The van der Waals surface area contributed by atoms with E-state index in [0.29, 0.717) is 12.2 Å². The number of pyridine rings is 1. The molecule has 1 aliphatic heterocycles. The minimum absolute atomic E-state index is 0.0965. The van der Waals surface area contributed by atoms with E-state index in [2.05, 4.69) is 4.98 Å². The van der Waals surface area contributed by atoms with E-state index in [9.17, 15) is 9.59 Å². The van der Waals surface area contributed by atoms with Crippen LogP contribution in [-0.4, -0.2) is 46.3 Å². The summed E-state index contributed by atoms with van der Waals surface area (Å²) in [5.74, 6) is 0.282. The molecule has 1 aliphatic rings. The smallest absolute Gasteiger partial charge is 0.263 e. The van der Waals surface area contributed by atoms with Crippen molar-refractivity contribution < 1.29 is 14.3 Å². The third kappa shape index (κ3) is 4.03. The number of carbonyl (C=O) groups excluding carboxylic acids is 2. The summed E-state index contributed by atoms with van der Waals surface area (Å²) in [5, 5.41) is 0. The molecule has 2 unspecified atom stereocenters. The highest BCUT2D eigenvalue weighted by atomic mass is 16.5. The van der Waals surface area contributed by atoms with Gasteiger partial charge in [-0.05, 0) is 29.3 Å². The van der Waals surface area contributed by atoms with Crippen molar-refractivity contribution in [3.8, 4) is 5.75 Å². The van der Waals surface area contributed by atoms with Crippen molar-refractivity contribution in [2.24, 2.45) is 0 Å². The van der Waals surface area contributed by atoms with E-state index < -0.39 is 12.2 Å². The molecule has 6 nitrogen and oxygen atoms in total. The lowest BCUT2D eigenvalue weighted by molar-refractivity contribution is -0.138. The lowest BCUT2D eigenvalue weighted by Gasteiger charge is -2.30. The van der Waals surface area contributed by atoms with Crippen molar-refractivity contribution in [2.45, 2.75) is 18.6 Å². The number of benzene rings is 2. The molecule has 2 heterocycles. The SMILES string of the molecule is CN1C(=O)C(Cc2cccnc2)N(C(=O)COc2ccccc2)C1c1ccccc1. The normalized spacial score (nSPS) is 18.5. The summed E-state index contributed by atoms with van der Waals surface area (Å²) in [6.07, 6.45) is 3.34. The van der Waals surface area contributed by atoms with Gasteiger partial charge in [0.25, 0.3) is 5.91 Å². The van der Waals surface area contributed by atoms with Gasteiger partial charge in [-0.3, -0.25) is 14.6 Å². The lowest BCUT2D eigenvalue weighted by Crippen LogP contribution is -2.43. The van der Waals surface area contributed by atoms with Gasteiger partial charge in [-0.25, -0.2) is 0 Å². The fraction of sp³-hybridized carbons (Fsp3) is 0.208. The van der Waals surface area contributed by atoms with Crippen molar-refractivity contribution in [2.75, 3.05) is 13.7 Å². The molecule has 0 aliphatic carbocycles. The summed E-state index contributed by atoms with van der Waals surface area (Å²) in [4.78, 5) is 33.9. The summed E-state index contributed by atoms with van der Waals surface area (Å²) in [5.41, 5.74) is 1.79. The average Bonchev–Trinajstić information content (AvgIpc) is 3.04. The molecule has 0 radical (unpaired) electrons. The molecule has 0 N–H and O–H groups in total. The van der Waals surface area contributed by atoms with Crippen LogP contribution >= 0.6 is 0 Å². The van der Waals surface area contributed by atoms with Gasteiger partial charge in [0.05, 0.1) is 0 Å². The van der Waals surface area contributed by atoms with Crippen molar-refractivity contribution in [3.05, 3.63) is 96.3 Å². The average molecular weight is 401 g/mol. The number of rotatable bonds is 6. The van der Waals surface area contributed by atoms with Crippen LogP contribution in [0, 0.1) is 0 Å². The van der Waals surface area contributed by atoms with Crippen LogP contribution in [0.5, 0.6) is 5.75 Å². The Bertz CT molecular complexity index is 996. The highest BCUT2D eigenvalue weighted by Crippen LogP contribution is 2.34. The maximum Gasteiger partial charge on any atom is 0.263 e. The van der Waals surface area contributed by atoms with Gasteiger partial charge in [-0.15, -0.1) is 0 Å². The van der Waals surface area contributed by atoms with Crippen LogP contribution in [-0.2, 0) is 16.0 Å². The second kappa shape index (κ2) is 8.78. The van der Waals surface area contributed by atoms with Gasteiger partial charge in [0.1, 0.15) is 18.0 Å². The zero-order valence-corrected chi connectivity index (χ0v) is 16.7. The molecule has 1 saturated heterocycles. The summed E-state index contributed by atoms with van der Waals surface area (Å²) >= 11 is 0. The Morgan fingerprint density at radius 1 is 1.00 bits per heavy atom. The van der Waals surface area contributed by atoms with Crippen LogP contribution in [0.15, 0.2) is 85.2 Å². The first-order valence-corrected chi connectivity index (χ1v) is 9.84. The standard InChI is InChI=1S/C24H23N3O3/c1-26-23(19-10-4-2-5-11-19)27(22(28)17-30-20-12-6-3-7-13-20)21(24(26)29)15-18-9-8-14-25-16-18/h2-14,16,21,23H,15,17H2,1H3. The number of aromatic nitrogens is 1. The molecule has 3 aromatic rings. The molecule has 2 amide bonds. The van der Waals surface area contributed by atoms with Crippen LogP contribution in [0.4, 0.5) is 0 Å². The first kappa shape index (κ1) is 19.6. The predicted molar refractivity (Wildman–Crippen MR) is 112 cm³/mol. The largest absolute Gasteiger partial charge is 0.484 e.